The van der Waals surface area contributed by atoms with Crippen LogP contribution in [0.25, 0.3) is 0 Å². The maximum Gasteiger partial charge on any atom is 0.339 e. The summed E-state index contributed by atoms with van der Waals surface area (Å²) in [5.74, 6) is 0. The quantitative estimate of drug-likeness (QED) is 0.347. The van der Waals surface area contributed by atoms with Crippen LogP contribution in [0.1, 0.15) is 71.1 Å². The Bertz CT molecular complexity index is 182. The zero-order valence-corrected chi connectivity index (χ0v) is 14.1. The molecule has 4 nitrogen and oxygen atoms in total. The predicted octanol–water partition coefficient (Wildman–Crippen LogP) is 1.93. The van der Waals surface area contributed by atoms with Crippen molar-refractivity contribution in [2.24, 2.45) is 0 Å². The minimum Gasteiger partial charge on any atom is -0.832 e. The van der Waals surface area contributed by atoms with Gasteiger partial charge in [-0.3, -0.25) is 0 Å². The molecule has 0 heterocycles. The normalized spacial score (nSPS) is 10.9. The van der Waals surface area contributed by atoms with Crippen LogP contribution >= 0.6 is 0 Å². The Kier molecular flexibility index (Phi) is 17.0. The van der Waals surface area contributed by atoms with Crippen LogP contribution in [0.5, 0.6) is 0 Å². The van der Waals surface area contributed by atoms with E-state index in [2.05, 4.69) is 28.1 Å². The number of nitrogens with zero attached hydrogens (tertiary/aromatic N) is 1. The summed E-state index contributed by atoms with van der Waals surface area (Å²) in [7, 11) is 4.44. The first-order valence-corrected chi connectivity index (χ1v) is 8.12. The van der Waals surface area contributed by atoms with Crippen molar-refractivity contribution in [3.05, 3.63) is 0 Å². The molecule has 5 heteroatoms. The van der Waals surface area contributed by atoms with Gasteiger partial charge in [0.1, 0.15) is 0 Å². The molecule has 20 heavy (non-hydrogen) atoms. The molecule has 0 amide bonds. The van der Waals surface area contributed by atoms with E-state index in [4.69, 9.17) is 15.1 Å². The standard InChI is InChI=1S/C15H34N.BH2O3/c1-5-6-7-8-9-10-11-12-13-14-15-16(2,3)4;2-1(3)4/h5-15H2,1-4H3;2-3H/q+1;-1. The van der Waals surface area contributed by atoms with Crippen molar-refractivity contribution >= 4 is 7.32 Å². The van der Waals surface area contributed by atoms with Crippen molar-refractivity contribution in [2.75, 3.05) is 27.7 Å². The first kappa shape index (κ1) is 22.2. The lowest BCUT2D eigenvalue weighted by Gasteiger charge is -2.23. The van der Waals surface area contributed by atoms with E-state index in [1.165, 1.54) is 70.8 Å². The summed E-state index contributed by atoms with van der Waals surface area (Å²) in [6, 6.07) is 0. The van der Waals surface area contributed by atoms with Gasteiger partial charge in [0, 0.05) is 0 Å². The average Bonchev–Trinajstić information content (AvgIpc) is 2.29. The fourth-order valence-corrected chi connectivity index (χ4v) is 2.07. The van der Waals surface area contributed by atoms with E-state index in [1.807, 2.05) is 0 Å². The Labute approximate surface area is 126 Å². The molecule has 0 fully saturated rings. The number of rotatable bonds is 11. The lowest BCUT2D eigenvalue weighted by molar-refractivity contribution is -0.870. The summed E-state index contributed by atoms with van der Waals surface area (Å²) in [5.41, 5.74) is 0. The SMILES string of the molecule is CCCCCCCCCCCC[N+](C)(C)C.[O-]B(O)O. The topological polar surface area (TPSA) is 63.5 Å². The fraction of sp³-hybridized carbons (Fsp3) is 1.00. The molecule has 0 aromatic heterocycles. The van der Waals surface area contributed by atoms with Gasteiger partial charge in [0.25, 0.3) is 0 Å². The molecule has 0 rings (SSSR count). The van der Waals surface area contributed by atoms with Gasteiger partial charge in [-0.25, -0.2) is 0 Å². The smallest absolute Gasteiger partial charge is 0.339 e. The second-order valence-electron chi connectivity index (χ2n) is 6.52. The summed E-state index contributed by atoms with van der Waals surface area (Å²) in [4.78, 5) is 0. The Morgan fingerprint density at radius 1 is 0.750 bits per heavy atom. The molecule has 0 spiro atoms. The van der Waals surface area contributed by atoms with E-state index < -0.39 is 7.32 Å². The molecule has 0 aliphatic rings. The van der Waals surface area contributed by atoms with Crippen molar-refractivity contribution in [1.82, 2.24) is 0 Å². The highest BCUT2D eigenvalue weighted by Gasteiger charge is 2.04. The molecule has 0 bridgehead atoms. The first-order valence-electron chi connectivity index (χ1n) is 8.12. The van der Waals surface area contributed by atoms with Crippen molar-refractivity contribution in [3.8, 4) is 0 Å². The van der Waals surface area contributed by atoms with Crippen LogP contribution in [0.15, 0.2) is 0 Å². The fourth-order valence-electron chi connectivity index (χ4n) is 2.07. The van der Waals surface area contributed by atoms with E-state index in [0.29, 0.717) is 0 Å². The molecule has 0 saturated carbocycles. The zero-order valence-electron chi connectivity index (χ0n) is 14.1. The summed E-state index contributed by atoms with van der Waals surface area (Å²) < 4.78 is 1.12. The zero-order chi connectivity index (χ0) is 15.9. The second kappa shape index (κ2) is 15.3. The average molecular weight is 289 g/mol. The summed E-state index contributed by atoms with van der Waals surface area (Å²) in [6.07, 6.45) is 14.4. The number of hydrogen-bond donors (Lipinski definition) is 2. The summed E-state index contributed by atoms with van der Waals surface area (Å²) in [5, 5.41) is 22.8. The van der Waals surface area contributed by atoms with Crippen molar-refractivity contribution in [3.63, 3.8) is 0 Å². The Balaban J connectivity index is 0. The van der Waals surface area contributed by atoms with Gasteiger partial charge in [-0.1, -0.05) is 58.3 Å². The molecule has 0 saturated heterocycles. The highest BCUT2D eigenvalue weighted by atomic mass is 16.5. The summed E-state index contributed by atoms with van der Waals surface area (Å²) >= 11 is 0. The van der Waals surface area contributed by atoms with E-state index in [-0.39, 0.29) is 0 Å². The maximum absolute atomic E-state index is 8.64. The third kappa shape index (κ3) is 30.7. The molecular weight excluding hydrogens is 253 g/mol. The highest BCUT2D eigenvalue weighted by Crippen LogP contribution is 2.10. The van der Waals surface area contributed by atoms with E-state index in [9.17, 15) is 0 Å². The number of quaternary nitrogens is 1. The van der Waals surface area contributed by atoms with Crippen LogP contribution in [0.2, 0.25) is 0 Å². The van der Waals surface area contributed by atoms with Gasteiger partial charge < -0.3 is 19.6 Å². The number of hydrogen-bond acceptors (Lipinski definition) is 3. The Morgan fingerprint density at radius 3 is 1.35 bits per heavy atom. The minimum atomic E-state index is -2.42. The number of unbranched alkanes of at least 4 members (excludes halogenated alkanes) is 9. The minimum absolute atomic E-state index is 1.12. The molecule has 0 unspecified atom stereocenters. The predicted molar refractivity (Wildman–Crippen MR) is 84.9 cm³/mol. The van der Waals surface area contributed by atoms with Gasteiger partial charge in [0.05, 0.1) is 27.7 Å². The van der Waals surface area contributed by atoms with E-state index in [0.717, 1.165) is 4.48 Å². The molecule has 0 aliphatic carbocycles. The first-order chi connectivity index (χ1) is 9.29. The van der Waals surface area contributed by atoms with Crippen molar-refractivity contribution < 1.29 is 19.6 Å². The van der Waals surface area contributed by atoms with Crippen LogP contribution in [0.4, 0.5) is 0 Å². The van der Waals surface area contributed by atoms with E-state index in [1.54, 1.807) is 0 Å². The molecule has 0 aromatic carbocycles. The third-order valence-electron chi connectivity index (χ3n) is 3.18. The van der Waals surface area contributed by atoms with Crippen molar-refractivity contribution in [2.45, 2.75) is 71.1 Å². The maximum atomic E-state index is 8.64. The van der Waals surface area contributed by atoms with E-state index >= 15 is 0 Å². The lowest BCUT2D eigenvalue weighted by atomic mass is 10.1. The van der Waals surface area contributed by atoms with Gasteiger partial charge in [0.2, 0.25) is 0 Å². The highest BCUT2D eigenvalue weighted by molar-refractivity contribution is 6.28. The molecule has 0 aliphatic heterocycles. The van der Waals surface area contributed by atoms with Crippen molar-refractivity contribution in [1.29, 1.82) is 0 Å². The van der Waals surface area contributed by atoms with Gasteiger partial charge in [-0.05, 0) is 12.8 Å². The summed E-state index contributed by atoms with van der Waals surface area (Å²) in [6.45, 7) is 3.62. The monoisotopic (exact) mass is 289 g/mol. The largest absolute Gasteiger partial charge is 0.832 e. The molecule has 122 valence electrons. The van der Waals surface area contributed by atoms with Gasteiger partial charge in [-0.2, -0.15) is 0 Å². The van der Waals surface area contributed by atoms with Gasteiger partial charge >= 0.3 is 7.32 Å². The van der Waals surface area contributed by atoms with Gasteiger partial charge in [0.15, 0.2) is 0 Å². The molecule has 0 radical (unpaired) electrons. The second-order valence-corrected chi connectivity index (χ2v) is 6.52. The van der Waals surface area contributed by atoms with Crippen LogP contribution < -0.4 is 5.02 Å². The van der Waals surface area contributed by atoms with Crippen LogP contribution in [0.3, 0.4) is 0 Å². The molecule has 2 N–H and O–H groups in total. The van der Waals surface area contributed by atoms with Crippen LogP contribution in [-0.2, 0) is 0 Å². The van der Waals surface area contributed by atoms with Gasteiger partial charge in [-0.15, -0.1) is 0 Å². The Hall–Kier alpha value is -0.0951. The third-order valence-corrected chi connectivity index (χ3v) is 3.18. The molecular formula is C15H36BNO3. The molecule has 0 atom stereocenters. The Morgan fingerprint density at radius 2 is 1.05 bits per heavy atom. The van der Waals surface area contributed by atoms with Crippen LogP contribution in [-0.4, -0.2) is 49.5 Å². The van der Waals surface area contributed by atoms with Crippen LogP contribution in [0, 0.1) is 0 Å². The molecule has 0 aromatic rings. The lowest BCUT2D eigenvalue weighted by Crippen LogP contribution is -2.35.